The second-order valence-corrected chi connectivity index (χ2v) is 3.04. The van der Waals surface area contributed by atoms with Crippen LogP contribution in [0.4, 0.5) is 0 Å². The normalized spacial score (nSPS) is 31.2. The van der Waals surface area contributed by atoms with E-state index in [0.29, 0.717) is 12.5 Å². The summed E-state index contributed by atoms with van der Waals surface area (Å²) < 4.78 is 5.19. The third kappa shape index (κ3) is 1.74. The van der Waals surface area contributed by atoms with E-state index < -0.39 is 0 Å². The molecule has 1 saturated heterocycles. The number of hydrogen-bond donors (Lipinski definition) is 1. The van der Waals surface area contributed by atoms with Gasteiger partial charge in [-0.1, -0.05) is 12.1 Å². The molecule has 1 aliphatic rings. The molecule has 0 aromatic rings. The summed E-state index contributed by atoms with van der Waals surface area (Å²) in [6.45, 7) is 3.27. The van der Waals surface area contributed by atoms with Crippen molar-refractivity contribution in [1.82, 2.24) is 0 Å². The van der Waals surface area contributed by atoms with Crippen molar-refractivity contribution in [1.29, 1.82) is 5.26 Å². The Morgan fingerprint density at radius 1 is 1.75 bits per heavy atom. The predicted octanol–water partition coefficient (Wildman–Crippen LogP) is 1.01. The van der Waals surface area contributed by atoms with Gasteiger partial charge in [0.1, 0.15) is 6.07 Å². The van der Waals surface area contributed by atoms with Crippen molar-refractivity contribution in [2.75, 3.05) is 13.2 Å². The maximum atomic E-state index is 8.60. The molecule has 4 nitrogen and oxygen atoms in total. The topological polar surface area (TPSA) is 65.6 Å². The van der Waals surface area contributed by atoms with E-state index in [2.05, 4.69) is 5.16 Å². The van der Waals surface area contributed by atoms with Crippen molar-refractivity contribution in [3.8, 4) is 6.07 Å². The van der Waals surface area contributed by atoms with Gasteiger partial charge in [0.2, 0.25) is 0 Å². The molecule has 0 aromatic heterocycles. The van der Waals surface area contributed by atoms with Gasteiger partial charge in [0, 0.05) is 12.5 Å². The average Bonchev–Trinajstić information content (AvgIpc) is 2.10. The first kappa shape index (κ1) is 9.01. The summed E-state index contributed by atoms with van der Waals surface area (Å²) in [6.07, 6.45) is 0.922. The summed E-state index contributed by atoms with van der Waals surface area (Å²) in [4.78, 5) is 0. The van der Waals surface area contributed by atoms with Crippen LogP contribution in [0.15, 0.2) is 5.16 Å². The third-order valence-corrected chi connectivity index (χ3v) is 2.28. The highest BCUT2D eigenvalue weighted by Crippen LogP contribution is 2.22. The first-order chi connectivity index (χ1) is 5.79. The Morgan fingerprint density at radius 3 is 3.00 bits per heavy atom. The highest BCUT2D eigenvalue weighted by Gasteiger charge is 2.27. The van der Waals surface area contributed by atoms with Gasteiger partial charge in [-0.2, -0.15) is 5.26 Å². The van der Waals surface area contributed by atoms with Crippen LogP contribution >= 0.6 is 0 Å². The fourth-order valence-electron chi connectivity index (χ4n) is 1.37. The highest BCUT2D eigenvalue weighted by atomic mass is 16.5. The summed E-state index contributed by atoms with van der Waals surface area (Å²) in [7, 11) is 0. The SMILES string of the molecule is CC1CCOCC1C(C#N)=NO. The molecule has 0 aliphatic carbocycles. The van der Waals surface area contributed by atoms with Crippen molar-refractivity contribution in [2.24, 2.45) is 17.0 Å². The lowest BCUT2D eigenvalue weighted by atomic mass is 9.87. The fourth-order valence-corrected chi connectivity index (χ4v) is 1.37. The standard InChI is InChI=1S/C8H12N2O2/c1-6-2-3-12-5-7(6)8(4-9)10-11/h6-7,11H,2-3,5H2,1H3. The summed E-state index contributed by atoms with van der Waals surface area (Å²) in [5.74, 6) is 0.332. The van der Waals surface area contributed by atoms with Crippen LogP contribution in [-0.2, 0) is 4.74 Å². The Kier molecular flexibility index (Phi) is 3.06. The van der Waals surface area contributed by atoms with Gasteiger partial charge in [0.25, 0.3) is 0 Å². The van der Waals surface area contributed by atoms with Crippen LogP contribution in [0.2, 0.25) is 0 Å². The molecule has 0 saturated carbocycles. The van der Waals surface area contributed by atoms with Crippen LogP contribution < -0.4 is 0 Å². The quantitative estimate of drug-likeness (QED) is 0.361. The molecule has 0 bridgehead atoms. The fraction of sp³-hybridized carbons (Fsp3) is 0.750. The van der Waals surface area contributed by atoms with Gasteiger partial charge in [-0.05, 0) is 12.3 Å². The lowest BCUT2D eigenvalue weighted by molar-refractivity contribution is 0.0474. The molecular weight excluding hydrogens is 156 g/mol. The lowest BCUT2D eigenvalue weighted by Crippen LogP contribution is -2.31. The molecule has 2 unspecified atom stereocenters. The molecule has 0 spiro atoms. The Balaban J connectivity index is 2.66. The Labute approximate surface area is 71.4 Å². The van der Waals surface area contributed by atoms with Gasteiger partial charge in [0.05, 0.1) is 6.61 Å². The lowest BCUT2D eigenvalue weighted by Gasteiger charge is -2.26. The van der Waals surface area contributed by atoms with Crippen LogP contribution in [0.25, 0.3) is 0 Å². The van der Waals surface area contributed by atoms with Crippen LogP contribution in [-0.4, -0.2) is 24.1 Å². The maximum Gasteiger partial charge on any atom is 0.162 e. The summed E-state index contributed by atoms with van der Waals surface area (Å²) in [5, 5.41) is 20.1. The van der Waals surface area contributed by atoms with Gasteiger partial charge in [-0.15, -0.1) is 0 Å². The maximum absolute atomic E-state index is 8.60. The average molecular weight is 168 g/mol. The molecule has 1 fully saturated rings. The number of rotatable bonds is 1. The Morgan fingerprint density at radius 2 is 2.50 bits per heavy atom. The van der Waals surface area contributed by atoms with Crippen molar-refractivity contribution in [3.63, 3.8) is 0 Å². The van der Waals surface area contributed by atoms with Crippen LogP contribution in [0.1, 0.15) is 13.3 Å². The number of nitrogens with zero attached hydrogens (tertiary/aromatic N) is 2. The highest BCUT2D eigenvalue weighted by molar-refractivity contribution is 6.00. The number of oxime groups is 1. The molecule has 1 rings (SSSR count). The number of nitriles is 1. The van der Waals surface area contributed by atoms with E-state index in [-0.39, 0.29) is 11.6 Å². The second-order valence-electron chi connectivity index (χ2n) is 3.04. The zero-order valence-corrected chi connectivity index (χ0v) is 7.03. The van der Waals surface area contributed by atoms with Crippen molar-refractivity contribution >= 4 is 5.71 Å². The zero-order chi connectivity index (χ0) is 8.97. The van der Waals surface area contributed by atoms with Gasteiger partial charge in [-0.3, -0.25) is 0 Å². The molecule has 2 atom stereocenters. The molecule has 1 heterocycles. The molecule has 1 aliphatic heterocycles. The van der Waals surface area contributed by atoms with E-state index in [1.165, 1.54) is 0 Å². The molecule has 4 heteroatoms. The van der Waals surface area contributed by atoms with Gasteiger partial charge >= 0.3 is 0 Å². The minimum absolute atomic E-state index is 0.0336. The van der Waals surface area contributed by atoms with Crippen LogP contribution in [0.5, 0.6) is 0 Å². The third-order valence-electron chi connectivity index (χ3n) is 2.28. The van der Waals surface area contributed by atoms with Crippen LogP contribution in [0.3, 0.4) is 0 Å². The molecule has 66 valence electrons. The Hall–Kier alpha value is -1.08. The van der Waals surface area contributed by atoms with Crippen molar-refractivity contribution in [2.45, 2.75) is 13.3 Å². The number of ether oxygens (including phenoxy) is 1. The molecule has 12 heavy (non-hydrogen) atoms. The van der Waals surface area contributed by atoms with Gasteiger partial charge in [0.15, 0.2) is 5.71 Å². The van der Waals surface area contributed by atoms with Crippen molar-refractivity contribution in [3.05, 3.63) is 0 Å². The minimum Gasteiger partial charge on any atom is -0.410 e. The number of hydrogen-bond acceptors (Lipinski definition) is 4. The zero-order valence-electron chi connectivity index (χ0n) is 7.03. The van der Waals surface area contributed by atoms with E-state index in [1.54, 1.807) is 0 Å². The molecule has 0 aromatic carbocycles. The first-order valence-electron chi connectivity index (χ1n) is 3.99. The van der Waals surface area contributed by atoms with E-state index >= 15 is 0 Å². The van der Waals surface area contributed by atoms with E-state index in [4.69, 9.17) is 15.2 Å². The largest absolute Gasteiger partial charge is 0.410 e. The first-order valence-corrected chi connectivity index (χ1v) is 3.99. The predicted molar refractivity (Wildman–Crippen MR) is 42.9 cm³/mol. The van der Waals surface area contributed by atoms with E-state index in [9.17, 15) is 0 Å². The monoisotopic (exact) mass is 168 g/mol. The van der Waals surface area contributed by atoms with E-state index in [0.717, 1.165) is 13.0 Å². The molecular formula is C8H12N2O2. The summed E-state index contributed by atoms with van der Waals surface area (Å²) in [6, 6.07) is 1.87. The summed E-state index contributed by atoms with van der Waals surface area (Å²) in [5.41, 5.74) is 0.183. The Bertz CT molecular complexity index is 220. The molecule has 0 radical (unpaired) electrons. The van der Waals surface area contributed by atoms with Crippen LogP contribution in [0, 0.1) is 23.2 Å². The van der Waals surface area contributed by atoms with E-state index in [1.807, 2.05) is 13.0 Å². The minimum atomic E-state index is -0.0336. The second kappa shape index (κ2) is 4.07. The molecule has 1 N–H and O–H groups in total. The smallest absolute Gasteiger partial charge is 0.162 e. The molecule has 0 amide bonds. The van der Waals surface area contributed by atoms with Gasteiger partial charge in [-0.25, -0.2) is 0 Å². The van der Waals surface area contributed by atoms with Gasteiger partial charge < -0.3 is 9.94 Å². The van der Waals surface area contributed by atoms with Crippen molar-refractivity contribution < 1.29 is 9.94 Å². The summed E-state index contributed by atoms with van der Waals surface area (Å²) >= 11 is 0.